The number of carbonyl (C=O) groups excluding carboxylic acids is 1. The summed E-state index contributed by atoms with van der Waals surface area (Å²) in [7, 11) is 0. The molecule has 0 unspecified atom stereocenters. The number of halogens is 4. The summed E-state index contributed by atoms with van der Waals surface area (Å²) in [5.41, 5.74) is -1.25. The number of alkyl halides is 3. The van der Waals surface area contributed by atoms with E-state index in [1.54, 1.807) is 22.6 Å². The molecular weight excluding hydrogens is 412 g/mol. The summed E-state index contributed by atoms with van der Waals surface area (Å²) in [6, 6.07) is 0. The van der Waals surface area contributed by atoms with Crippen molar-refractivity contribution < 1.29 is 32.4 Å². The van der Waals surface area contributed by atoms with Crippen molar-refractivity contribution in [2.75, 3.05) is 6.61 Å². The molecule has 11 heteroatoms. The lowest BCUT2D eigenvalue weighted by molar-refractivity contribution is -0.390. The van der Waals surface area contributed by atoms with E-state index in [-0.39, 0.29) is 15.7 Å². The van der Waals surface area contributed by atoms with Crippen LogP contribution in [-0.2, 0) is 16.0 Å². The van der Waals surface area contributed by atoms with E-state index in [0.29, 0.717) is 0 Å². The van der Waals surface area contributed by atoms with Gasteiger partial charge in [0.25, 0.3) is 0 Å². The van der Waals surface area contributed by atoms with Gasteiger partial charge in [0.1, 0.15) is 0 Å². The standard InChI is InChI=1S/C10H8F3IN2O5/c1-2-20-7(17)3-5-6(14)4-15-9(8(5)16(18)19)21-10(11,12)13/h4H,2-3H2,1H3. The molecule has 0 aliphatic heterocycles. The number of pyridine rings is 1. The van der Waals surface area contributed by atoms with Crippen LogP contribution >= 0.6 is 22.6 Å². The third kappa shape index (κ3) is 4.99. The summed E-state index contributed by atoms with van der Waals surface area (Å²) < 4.78 is 45.0. The number of hydrogen-bond acceptors (Lipinski definition) is 6. The Labute approximate surface area is 129 Å². The predicted octanol–water partition coefficient (Wildman–Crippen LogP) is 2.60. The minimum Gasteiger partial charge on any atom is -0.466 e. The molecule has 0 amide bonds. The fourth-order valence-corrected chi connectivity index (χ4v) is 1.98. The molecule has 0 radical (unpaired) electrons. The van der Waals surface area contributed by atoms with E-state index < -0.39 is 35.2 Å². The van der Waals surface area contributed by atoms with E-state index in [9.17, 15) is 28.1 Å². The van der Waals surface area contributed by atoms with Gasteiger partial charge in [-0.15, -0.1) is 13.2 Å². The first-order valence-electron chi connectivity index (χ1n) is 5.38. The van der Waals surface area contributed by atoms with Crippen LogP contribution in [0.4, 0.5) is 18.9 Å². The zero-order chi connectivity index (χ0) is 16.2. The molecule has 0 fully saturated rings. The first kappa shape index (κ1) is 17.4. The fraction of sp³-hybridized carbons (Fsp3) is 0.400. The topological polar surface area (TPSA) is 91.6 Å². The van der Waals surface area contributed by atoms with Crippen molar-refractivity contribution in [1.82, 2.24) is 4.98 Å². The molecule has 0 saturated carbocycles. The molecule has 0 atom stereocenters. The molecule has 116 valence electrons. The van der Waals surface area contributed by atoms with Crippen LogP contribution in [0.1, 0.15) is 12.5 Å². The van der Waals surface area contributed by atoms with E-state index >= 15 is 0 Å². The number of nitro groups is 1. The Kier molecular flexibility index (Phi) is 5.69. The van der Waals surface area contributed by atoms with Gasteiger partial charge in [-0.05, 0) is 29.5 Å². The zero-order valence-corrected chi connectivity index (χ0v) is 12.6. The van der Waals surface area contributed by atoms with E-state index in [0.717, 1.165) is 6.20 Å². The van der Waals surface area contributed by atoms with Crippen LogP contribution in [0.15, 0.2) is 6.20 Å². The van der Waals surface area contributed by atoms with Crippen molar-refractivity contribution in [2.24, 2.45) is 0 Å². The second-order valence-corrected chi connectivity index (χ2v) is 4.69. The van der Waals surface area contributed by atoms with Gasteiger partial charge in [-0.2, -0.15) is 0 Å². The molecule has 1 aromatic rings. The van der Waals surface area contributed by atoms with E-state index in [1.165, 1.54) is 6.92 Å². The minimum atomic E-state index is -5.13. The third-order valence-corrected chi connectivity index (χ3v) is 3.02. The molecule has 0 aromatic carbocycles. The first-order valence-corrected chi connectivity index (χ1v) is 6.46. The Bertz CT molecular complexity index is 564. The normalized spacial score (nSPS) is 11.1. The van der Waals surface area contributed by atoms with Crippen molar-refractivity contribution in [2.45, 2.75) is 19.7 Å². The summed E-state index contributed by atoms with van der Waals surface area (Å²) in [5, 5.41) is 11.0. The van der Waals surface area contributed by atoms with E-state index in [1.807, 2.05) is 0 Å². The lowest BCUT2D eigenvalue weighted by Gasteiger charge is -2.11. The highest BCUT2D eigenvalue weighted by atomic mass is 127. The maximum absolute atomic E-state index is 12.2. The Morgan fingerprint density at radius 3 is 2.62 bits per heavy atom. The molecule has 0 aliphatic rings. The van der Waals surface area contributed by atoms with Gasteiger partial charge < -0.3 is 9.47 Å². The van der Waals surface area contributed by atoms with Gasteiger partial charge in [0.05, 0.1) is 23.5 Å². The summed E-state index contributed by atoms with van der Waals surface area (Å²) in [6.45, 7) is 1.57. The molecule has 1 heterocycles. The molecule has 7 nitrogen and oxygen atoms in total. The van der Waals surface area contributed by atoms with Crippen LogP contribution in [0.2, 0.25) is 0 Å². The summed E-state index contributed by atoms with van der Waals surface area (Å²) in [6.07, 6.45) is -4.74. The monoisotopic (exact) mass is 420 g/mol. The average Bonchev–Trinajstić information content (AvgIpc) is 2.31. The number of carbonyl (C=O) groups is 1. The maximum atomic E-state index is 12.2. The van der Waals surface area contributed by atoms with Crippen molar-refractivity contribution in [3.05, 3.63) is 25.4 Å². The van der Waals surface area contributed by atoms with E-state index in [4.69, 9.17) is 0 Å². The number of nitrogens with zero attached hydrogens (tertiary/aromatic N) is 2. The van der Waals surface area contributed by atoms with Gasteiger partial charge in [-0.25, -0.2) is 4.98 Å². The lowest BCUT2D eigenvalue weighted by Crippen LogP contribution is -2.20. The van der Waals surface area contributed by atoms with Crippen molar-refractivity contribution >= 4 is 34.2 Å². The number of ether oxygens (including phenoxy) is 2. The minimum absolute atomic E-state index is 0.0419. The Hall–Kier alpha value is -1.66. The average molecular weight is 420 g/mol. The van der Waals surface area contributed by atoms with Gasteiger partial charge in [-0.3, -0.25) is 14.9 Å². The number of rotatable bonds is 5. The maximum Gasteiger partial charge on any atom is 0.574 e. The van der Waals surface area contributed by atoms with Gasteiger partial charge in [-0.1, -0.05) is 0 Å². The van der Waals surface area contributed by atoms with Crippen molar-refractivity contribution in [3.63, 3.8) is 0 Å². The molecule has 0 aliphatic carbocycles. The van der Waals surface area contributed by atoms with Gasteiger partial charge in [0, 0.05) is 9.77 Å². The Balaban J connectivity index is 3.30. The molecule has 0 spiro atoms. The molecule has 0 N–H and O–H groups in total. The van der Waals surface area contributed by atoms with Gasteiger partial charge >= 0.3 is 23.9 Å². The third-order valence-electron chi connectivity index (χ3n) is 2.09. The molecule has 0 saturated heterocycles. The van der Waals surface area contributed by atoms with Crippen LogP contribution in [0.3, 0.4) is 0 Å². The molecule has 1 rings (SSSR count). The molecule has 1 aromatic heterocycles. The first-order chi connectivity index (χ1) is 9.65. The van der Waals surface area contributed by atoms with Crippen LogP contribution in [0.25, 0.3) is 0 Å². The van der Waals surface area contributed by atoms with Crippen LogP contribution in [-0.4, -0.2) is 28.8 Å². The summed E-state index contributed by atoms with van der Waals surface area (Å²) >= 11 is 1.62. The Morgan fingerprint density at radius 2 is 2.14 bits per heavy atom. The van der Waals surface area contributed by atoms with Gasteiger partial charge in [0.2, 0.25) is 0 Å². The lowest BCUT2D eigenvalue weighted by atomic mass is 10.1. The van der Waals surface area contributed by atoms with Crippen LogP contribution < -0.4 is 4.74 Å². The van der Waals surface area contributed by atoms with Crippen molar-refractivity contribution in [1.29, 1.82) is 0 Å². The second kappa shape index (κ2) is 6.87. The quantitative estimate of drug-likeness (QED) is 0.315. The SMILES string of the molecule is CCOC(=O)Cc1c(I)cnc(OC(F)(F)F)c1[N+](=O)[O-]. The number of hydrogen-bond donors (Lipinski definition) is 0. The Morgan fingerprint density at radius 1 is 1.52 bits per heavy atom. The zero-order valence-electron chi connectivity index (χ0n) is 10.4. The smallest absolute Gasteiger partial charge is 0.466 e. The predicted molar refractivity (Wildman–Crippen MR) is 70.6 cm³/mol. The molecule has 0 bridgehead atoms. The van der Waals surface area contributed by atoms with E-state index in [2.05, 4.69) is 14.5 Å². The second-order valence-electron chi connectivity index (χ2n) is 3.53. The van der Waals surface area contributed by atoms with Crippen LogP contribution in [0, 0.1) is 13.7 Å². The fourth-order valence-electron chi connectivity index (χ4n) is 1.39. The molecular formula is C10H8F3IN2O5. The molecule has 21 heavy (non-hydrogen) atoms. The summed E-state index contributed by atoms with van der Waals surface area (Å²) in [5.74, 6) is -2.02. The van der Waals surface area contributed by atoms with Crippen LogP contribution in [0.5, 0.6) is 5.88 Å². The van der Waals surface area contributed by atoms with Gasteiger partial charge in [0.15, 0.2) is 0 Å². The number of aromatic nitrogens is 1. The largest absolute Gasteiger partial charge is 0.574 e. The highest BCUT2D eigenvalue weighted by Crippen LogP contribution is 2.35. The summed E-state index contributed by atoms with van der Waals surface area (Å²) in [4.78, 5) is 24.6. The van der Waals surface area contributed by atoms with Crippen molar-refractivity contribution in [3.8, 4) is 5.88 Å². The highest BCUT2D eigenvalue weighted by Gasteiger charge is 2.37. The highest BCUT2D eigenvalue weighted by molar-refractivity contribution is 14.1. The number of esters is 1.